The second-order valence-electron chi connectivity index (χ2n) is 3.94. The summed E-state index contributed by atoms with van der Waals surface area (Å²) >= 11 is 0. The van der Waals surface area contributed by atoms with Gasteiger partial charge in [-0.3, -0.25) is 9.78 Å². The van der Waals surface area contributed by atoms with Gasteiger partial charge in [0.25, 0.3) is 0 Å². The molecule has 20 heavy (non-hydrogen) atoms. The highest BCUT2D eigenvalue weighted by Crippen LogP contribution is 2.21. The molecule has 1 rings (SSSR count). The van der Waals surface area contributed by atoms with Gasteiger partial charge in [0.1, 0.15) is 0 Å². The summed E-state index contributed by atoms with van der Waals surface area (Å²) in [7, 11) is 2.11. The molecule has 0 saturated carbocycles. The van der Waals surface area contributed by atoms with Crippen LogP contribution in [0.5, 0.6) is 0 Å². The molecule has 0 amide bonds. The molecule has 6 nitrogen and oxygen atoms in total. The summed E-state index contributed by atoms with van der Waals surface area (Å²) in [4.78, 5) is 20.3. The average Bonchev–Trinajstić information content (AvgIpc) is 2.46. The third-order valence-electron chi connectivity index (χ3n) is 2.53. The summed E-state index contributed by atoms with van der Waals surface area (Å²) in [5, 5.41) is -0.0486. The average molecular weight is 300 g/mol. The second kappa shape index (κ2) is 8.78. The first-order valence-electron chi connectivity index (χ1n) is 6.25. The zero-order valence-electron chi connectivity index (χ0n) is 12.2. The zero-order valence-corrected chi connectivity index (χ0v) is 13.0. The van der Waals surface area contributed by atoms with Crippen LogP contribution in [0.15, 0.2) is 22.7 Å². The van der Waals surface area contributed by atoms with Crippen molar-refractivity contribution in [3.05, 3.63) is 29.6 Å². The van der Waals surface area contributed by atoms with Gasteiger partial charge in [0.15, 0.2) is 0 Å². The molecule has 7 heteroatoms. The first kappa shape index (κ1) is 16.7. The van der Waals surface area contributed by atoms with Gasteiger partial charge in [-0.1, -0.05) is 0 Å². The highest BCUT2D eigenvalue weighted by Gasteiger charge is 2.16. The lowest BCUT2D eigenvalue weighted by atomic mass is 10.1. The maximum atomic E-state index is 11.3. The van der Waals surface area contributed by atoms with Crippen molar-refractivity contribution in [3.63, 3.8) is 0 Å². The summed E-state index contributed by atoms with van der Waals surface area (Å²) in [5.41, 5.74) is 1.66. The number of aromatic nitrogens is 1. The maximum absolute atomic E-state index is 11.3. The predicted molar refractivity (Wildman–Crippen MR) is 76.8 cm³/mol. The van der Waals surface area contributed by atoms with E-state index >= 15 is 0 Å². The van der Waals surface area contributed by atoms with Crippen LogP contribution in [-0.2, 0) is 36.1 Å². The number of pyridine rings is 1. The number of hydrogen-bond acceptors (Lipinski definition) is 6. The fraction of sp³-hybridized carbons (Fsp3) is 0.538. The van der Waals surface area contributed by atoms with E-state index < -0.39 is 11.0 Å². The van der Waals surface area contributed by atoms with Gasteiger partial charge < -0.3 is 4.74 Å². The smallest absolute Gasteiger partial charge is 0.309 e. The van der Waals surface area contributed by atoms with Gasteiger partial charge in [-0.25, -0.2) is 9.25 Å². The summed E-state index contributed by atoms with van der Waals surface area (Å²) in [6.45, 7) is 4.54. The Hall–Kier alpha value is -1.31. The van der Waals surface area contributed by atoms with Crippen molar-refractivity contribution in [1.82, 2.24) is 4.98 Å². The van der Waals surface area contributed by atoms with Crippen molar-refractivity contribution < 1.29 is 18.8 Å². The van der Waals surface area contributed by atoms with Crippen molar-refractivity contribution in [1.29, 1.82) is 0 Å². The minimum Gasteiger partial charge on any atom is -0.469 e. The molecule has 2 unspecified atom stereocenters. The van der Waals surface area contributed by atoms with Crippen LogP contribution in [0.4, 0.5) is 0 Å². The number of carbonyl (C=O) groups is 1. The molecule has 0 bridgehead atoms. The van der Waals surface area contributed by atoms with Crippen LogP contribution in [0.25, 0.3) is 0 Å². The van der Waals surface area contributed by atoms with Crippen LogP contribution in [0.1, 0.15) is 30.4 Å². The minimum absolute atomic E-state index is 0.0486. The summed E-state index contributed by atoms with van der Waals surface area (Å²) in [6, 6.07) is 3.66. The van der Waals surface area contributed by atoms with Crippen molar-refractivity contribution >= 4 is 16.9 Å². The van der Waals surface area contributed by atoms with E-state index in [9.17, 15) is 4.79 Å². The molecule has 0 aliphatic rings. The minimum atomic E-state index is -0.719. The van der Waals surface area contributed by atoms with E-state index in [4.69, 9.17) is 9.22 Å². The number of hydrogen-bond donors (Lipinski definition) is 0. The molecule has 0 radical (unpaired) electrons. The van der Waals surface area contributed by atoms with Crippen LogP contribution in [0, 0.1) is 0 Å². The molecule has 1 aromatic rings. The number of carbonyl (C=O) groups excluding carboxylic acids is 1. The highest BCUT2D eigenvalue weighted by molar-refractivity contribution is 7.82. The van der Waals surface area contributed by atoms with Crippen LogP contribution < -0.4 is 0 Å². The molecule has 0 spiro atoms. The van der Waals surface area contributed by atoms with Gasteiger partial charge in [0, 0.05) is 12.7 Å². The normalized spacial score (nSPS) is 14.0. The lowest BCUT2D eigenvalue weighted by Gasteiger charge is -2.14. The van der Waals surface area contributed by atoms with Crippen LogP contribution in [0.3, 0.4) is 0 Å². The number of rotatable bonds is 7. The largest absolute Gasteiger partial charge is 0.469 e. The molecule has 0 aromatic carbocycles. The maximum Gasteiger partial charge on any atom is 0.309 e. The molecule has 1 aromatic heterocycles. The lowest BCUT2D eigenvalue weighted by molar-refractivity contribution is -0.164. The van der Waals surface area contributed by atoms with E-state index in [0.717, 1.165) is 11.3 Å². The number of nitrogens with zero attached hydrogens (tertiary/aromatic N) is 2. The predicted octanol–water partition coefficient (Wildman–Crippen LogP) is 2.17. The number of methoxy groups -OCH3 is 1. The van der Waals surface area contributed by atoms with E-state index in [1.54, 1.807) is 12.3 Å². The number of ether oxygens (including phenoxy) is 1. The van der Waals surface area contributed by atoms with Crippen molar-refractivity contribution in [2.24, 2.45) is 4.36 Å². The van der Waals surface area contributed by atoms with E-state index in [2.05, 4.69) is 14.1 Å². The molecule has 0 aliphatic heterocycles. The lowest BCUT2D eigenvalue weighted by Crippen LogP contribution is -2.10. The Morgan fingerprint density at radius 2 is 2.25 bits per heavy atom. The Bertz CT molecular complexity index is 479. The van der Waals surface area contributed by atoms with Gasteiger partial charge in [-0.15, -0.1) is 0 Å². The summed E-state index contributed by atoms with van der Waals surface area (Å²) in [6.07, 6.45) is 1.90. The Balaban J connectivity index is 2.92. The first-order valence-corrected chi connectivity index (χ1v) is 7.42. The number of esters is 1. The van der Waals surface area contributed by atoms with E-state index in [1.807, 2.05) is 19.9 Å². The van der Waals surface area contributed by atoms with Crippen LogP contribution in [-0.4, -0.2) is 31.7 Å². The van der Waals surface area contributed by atoms with Crippen LogP contribution in [0.2, 0.25) is 0 Å². The third kappa shape index (κ3) is 4.99. The van der Waals surface area contributed by atoms with E-state index in [1.165, 1.54) is 14.2 Å². The molecule has 1 heterocycles. The van der Waals surface area contributed by atoms with Crippen molar-refractivity contribution in [2.75, 3.05) is 20.8 Å². The topological polar surface area (TPSA) is 70.0 Å². The van der Waals surface area contributed by atoms with E-state index in [-0.39, 0.29) is 17.6 Å². The molecule has 2 atom stereocenters. The quantitative estimate of drug-likeness (QED) is 0.438. The van der Waals surface area contributed by atoms with Gasteiger partial charge in [-0.2, -0.15) is 4.33 Å². The summed E-state index contributed by atoms with van der Waals surface area (Å²) in [5.74, 6) is -0.278. The fourth-order valence-electron chi connectivity index (χ4n) is 1.56. The van der Waals surface area contributed by atoms with E-state index in [0.29, 0.717) is 6.54 Å². The Kier molecular flexibility index (Phi) is 7.35. The Labute approximate surface area is 121 Å². The van der Waals surface area contributed by atoms with Gasteiger partial charge in [0.2, 0.25) is 0 Å². The molecule has 112 valence electrons. The first-order chi connectivity index (χ1) is 9.62. The SMILES string of the molecule is CC/N=S(/OOC)C(C)c1cc(CC(=O)OC)ccn1. The van der Waals surface area contributed by atoms with Gasteiger partial charge in [-0.05, 0) is 31.5 Å². The monoisotopic (exact) mass is 300 g/mol. The zero-order chi connectivity index (χ0) is 15.0. The molecule has 0 fully saturated rings. The molecule has 0 saturated heterocycles. The Morgan fingerprint density at radius 3 is 2.85 bits per heavy atom. The fourth-order valence-corrected chi connectivity index (χ4v) is 2.67. The molecular formula is C13H20N2O4S. The van der Waals surface area contributed by atoms with Crippen LogP contribution >= 0.6 is 0 Å². The summed E-state index contributed by atoms with van der Waals surface area (Å²) < 4.78 is 14.2. The molecular weight excluding hydrogens is 280 g/mol. The Morgan fingerprint density at radius 1 is 1.50 bits per heavy atom. The van der Waals surface area contributed by atoms with Crippen molar-refractivity contribution in [2.45, 2.75) is 25.5 Å². The van der Waals surface area contributed by atoms with Gasteiger partial charge >= 0.3 is 5.97 Å². The molecule has 0 N–H and O–H groups in total. The standard InChI is InChI=1S/C13H20N2O4S/c1-5-15-20(19-18-4)10(2)12-8-11(6-7-14-12)9-13(16)17-3/h6-8,10H,5,9H2,1-4H3. The van der Waals surface area contributed by atoms with Crippen molar-refractivity contribution in [3.8, 4) is 0 Å². The third-order valence-corrected chi connectivity index (χ3v) is 4.17. The molecule has 0 aliphatic carbocycles. The van der Waals surface area contributed by atoms with Gasteiger partial charge in [0.05, 0.1) is 42.6 Å². The highest BCUT2D eigenvalue weighted by atomic mass is 32.2. The second-order valence-corrected chi connectivity index (χ2v) is 5.59.